The maximum absolute atomic E-state index is 9.39. The van der Waals surface area contributed by atoms with Gasteiger partial charge in [0, 0.05) is 0 Å². The van der Waals surface area contributed by atoms with Gasteiger partial charge in [0.2, 0.25) is 0 Å². The number of methoxy groups -OCH3 is 1. The Morgan fingerprint density at radius 2 is 1.72 bits per heavy atom. The smallest absolute Gasteiger partial charge is 0.129 e. The summed E-state index contributed by atoms with van der Waals surface area (Å²) in [6.07, 6.45) is 0. The zero-order chi connectivity index (χ0) is 13.0. The molecule has 2 rings (SSSR count). The summed E-state index contributed by atoms with van der Waals surface area (Å²) in [7, 11) is 1.63. The summed E-state index contributed by atoms with van der Waals surface area (Å²) in [6, 6.07) is 12.7. The van der Waals surface area contributed by atoms with Gasteiger partial charge in [-0.3, -0.25) is 0 Å². The Bertz CT molecular complexity index is 523. The van der Waals surface area contributed by atoms with Crippen LogP contribution in [-0.2, 0) is 6.61 Å². The van der Waals surface area contributed by atoms with E-state index in [1.165, 1.54) is 0 Å². The number of aromatic hydroxyl groups is 1. The Kier molecular flexibility index (Phi) is 4.10. The lowest BCUT2D eigenvalue weighted by molar-refractivity contribution is 0.305. The molecule has 0 saturated carbocycles. The Hall–Kier alpha value is -1.68. The van der Waals surface area contributed by atoms with E-state index in [2.05, 4.69) is 15.9 Å². The van der Waals surface area contributed by atoms with Crippen molar-refractivity contribution in [1.82, 2.24) is 0 Å². The molecule has 0 aliphatic rings. The van der Waals surface area contributed by atoms with Gasteiger partial charge in [0.25, 0.3) is 0 Å². The van der Waals surface area contributed by atoms with Crippen LogP contribution < -0.4 is 9.47 Å². The van der Waals surface area contributed by atoms with E-state index in [0.29, 0.717) is 11.1 Å². The van der Waals surface area contributed by atoms with Gasteiger partial charge in [0.15, 0.2) is 0 Å². The van der Waals surface area contributed by atoms with Crippen molar-refractivity contribution < 1.29 is 14.6 Å². The first kappa shape index (κ1) is 12.8. The molecule has 1 N–H and O–H groups in total. The van der Waals surface area contributed by atoms with Crippen molar-refractivity contribution >= 4 is 15.9 Å². The first-order chi connectivity index (χ1) is 8.69. The van der Waals surface area contributed by atoms with Crippen molar-refractivity contribution in [2.24, 2.45) is 0 Å². The number of phenols is 1. The molecule has 0 aliphatic heterocycles. The zero-order valence-electron chi connectivity index (χ0n) is 9.89. The Morgan fingerprint density at radius 3 is 2.33 bits per heavy atom. The summed E-state index contributed by atoms with van der Waals surface area (Å²) < 4.78 is 11.4. The highest BCUT2D eigenvalue weighted by molar-refractivity contribution is 9.10. The van der Waals surface area contributed by atoms with Gasteiger partial charge in [-0.05, 0) is 57.9 Å². The van der Waals surface area contributed by atoms with Gasteiger partial charge in [-0.15, -0.1) is 0 Å². The third-order valence-electron chi connectivity index (χ3n) is 2.48. The monoisotopic (exact) mass is 308 g/mol. The molecule has 0 saturated heterocycles. The van der Waals surface area contributed by atoms with Crippen LogP contribution in [0, 0.1) is 0 Å². The third-order valence-corrected chi connectivity index (χ3v) is 3.11. The van der Waals surface area contributed by atoms with E-state index in [1.807, 2.05) is 36.4 Å². The minimum absolute atomic E-state index is 0.225. The molecule has 0 fully saturated rings. The average molecular weight is 309 g/mol. The summed E-state index contributed by atoms with van der Waals surface area (Å²) in [6.45, 7) is 0.450. The number of hydrogen-bond donors (Lipinski definition) is 1. The molecular weight excluding hydrogens is 296 g/mol. The van der Waals surface area contributed by atoms with E-state index in [0.717, 1.165) is 17.1 Å². The molecule has 18 heavy (non-hydrogen) atoms. The maximum Gasteiger partial charge on any atom is 0.129 e. The van der Waals surface area contributed by atoms with Gasteiger partial charge in [0.1, 0.15) is 23.9 Å². The van der Waals surface area contributed by atoms with Gasteiger partial charge in [-0.1, -0.05) is 6.07 Å². The number of benzene rings is 2. The highest BCUT2D eigenvalue weighted by Crippen LogP contribution is 2.25. The second-order valence-electron chi connectivity index (χ2n) is 3.75. The topological polar surface area (TPSA) is 38.7 Å². The molecule has 0 aliphatic carbocycles. The molecule has 0 atom stereocenters. The van der Waals surface area contributed by atoms with Crippen LogP contribution in [0.15, 0.2) is 46.9 Å². The normalized spacial score (nSPS) is 10.1. The largest absolute Gasteiger partial charge is 0.507 e. The van der Waals surface area contributed by atoms with Crippen molar-refractivity contribution in [3.63, 3.8) is 0 Å². The fourth-order valence-corrected chi connectivity index (χ4v) is 1.91. The second-order valence-corrected chi connectivity index (χ2v) is 4.60. The third kappa shape index (κ3) is 3.17. The number of rotatable bonds is 4. The van der Waals surface area contributed by atoms with Crippen molar-refractivity contribution in [1.29, 1.82) is 0 Å². The Morgan fingerprint density at radius 1 is 1.06 bits per heavy atom. The number of phenolic OH excluding ortho intramolecular Hbond substituents is 1. The first-order valence-electron chi connectivity index (χ1n) is 5.43. The molecule has 2 aromatic carbocycles. The molecule has 0 spiro atoms. The lowest BCUT2D eigenvalue weighted by atomic mass is 10.2. The fraction of sp³-hybridized carbons (Fsp3) is 0.143. The zero-order valence-corrected chi connectivity index (χ0v) is 11.5. The molecule has 2 aromatic rings. The maximum atomic E-state index is 9.39. The van der Waals surface area contributed by atoms with Crippen molar-refractivity contribution in [3.8, 4) is 17.2 Å². The lowest BCUT2D eigenvalue weighted by Crippen LogP contribution is -1.95. The van der Waals surface area contributed by atoms with Crippen LogP contribution in [0.4, 0.5) is 0 Å². The summed E-state index contributed by atoms with van der Waals surface area (Å²) in [4.78, 5) is 0. The summed E-state index contributed by atoms with van der Waals surface area (Å²) >= 11 is 3.27. The highest BCUT2D eigenvalue weighted by Gasteiger charge is 2.01. The summed E-state index contributed by atoms with van der Waals surface area (Å²) in [5, 5.41) is 9.39. The van der Waals surface area contributed by atoms with E-state index in [4.69, 9.17) is 9.47 Å². The Balaban J connectivity index is 1.99. The molecule has 0 unspecified atom stereocenters. The standard InChI is InChI=1S/C14H13BrO3/c1-17-11-3-5-12(6-4-11)18-9-10-2-7-14(16)13(15)8-10/h2-8,16H,9H2,1H3. The van der Waals surface area contributed by atoms with Crippen LogP contribution in [0.2, 0.25) is 0 Å². The molecule has 0 amide bonds. The molecule has 3 nitrogen and oxygen atoms in total. The minimum Gasteiger partial charge on any atom is -0.507 e. The quantitative estimate of drug-likeness (QED) is 0.935. The summed E-state index contributed by atoms with van der Waals surface area (Å²) in [5.41, 5.74) is 0.982. The molecule has 0 radical (unpaired) electrons. The predicted octanol–water partition coefficient (Wildman–Crippen LogP) is 3.74. The van der Waals surface area contributed by atoms with Crippen molar-refractivity contribution in [2.45, 2.75) is 6.61 Å². The van der Waals surface area contributed by atoms with Crippen LogP contribution in [0.25, 0.3) is 0 Å². The van der Waals surface area contributed by atoms with E-state index in [1.54, 1.807) is 13.2 Å². The fourth-order valence-electron chi connectivity index (χ4n) is 1.48. The molecule has 0 heterocycles. The number of ether oxygens (including phenoxy) is 2. The van der Waals surface area contributed by atoms with Crippen LogP contribution in [0.3, 0.4) is 0 Å². The molecule has 0 bridgehead atoms. The molecule has 94 valence electrons. The highest BCUT2D eigenvalue weighted by atomic mass is 79.9. The van der Waals surface area contributed by atoms with E-state index >= 15 is 0 Å². The first-order valence-corrected chi connectivity index (χ1v) is 6.22. The van der Waals surface area contributed by atoms with Crippen molar-refractivity contribution in [2.75, 3.05) is 7.11 Å². The van der Waals surface area contributed by atoms with Crippen LogP contribution in [-0.4, -0.2) is 12.2 Å². The number of halogens is 1. The van der Waals surface area contributed by atoms with Gasteiger partial charge < -0.3 is 14.6 Å². The van der Waals surface area contributed by atoms with Crippen molar-refractivity contribution in [3.05, 3.63) is 52.5 Å². The van der Waals surface area contributed by atoms with Gasteiger partial charge in [0.05, 0.1) is 11.6 Å². The second kappa shape index (κ2) is 5.78. The van der Waals surface area contributed by atoms with E-state index in [9.17, 15) is 5.11 Å². The summed E-state index contributed by atoms with van der Waals surface area (Å²) in [5.74, 6) is 1.80. The van der Waals surface area contributed by atoms with Gasteiger partial charge >= 0.3 is 0 Å². The van der Waals surface area contributed by atoms with Gasteiger partial charge in [-0.25, -0.2) is 0 Å². The Labute approximate surface area is 114 Å². The van der Waals surface area contributed by atoms with Crippen LogP contribution >= 0.6 is 15.9 Å². The molecular formula is C14H13BrO3. The van der Waals surface area contributed by atoms with Gasteiger partial charge in [-0.2, -0.15) is 0 Å². The predicted molar refractivity (Wildman–Crippen MR) is 73.1 cm³/mol. The molecule has 4 heteroatoms. The van der Waals surface area contributed by atoms with Crippen LogP contribution in [0.1, 0.15) is 5.56 Å². The average Bonchev–Trinajstić information content (AvgIpc) is 2.41. The van der Waals surface area contributed by atoms with E-state index < -0.39 is 0 Å². The molecule has 0 aromatic heterocycles. The SMILES string of the molecule is COc1ccc(OCc2ccc(O)c(Br)c2)cc1. The lowest BCUT2D eigenvalue weighted by Gasteiger charge is -2.08. The van der Waals surface area contributed by atoms with E-state index in [-0.39, 0.29) is 5.75 Å². The van der Waals surface area contributed by atoms with Crippen LogP contribution in [0.5, 0.6) is 17.2 Å². The minimum atomic E-state index is 0.225. The number of hydrogen-bond acceptors (Lipinski definition) is 3.